The number of nitrogens with zero attached hydrogens (tertiary/aromatic N) is 1. The molecular weight excluding hydrogens is 501 g/mol. The third-order valence-electron chi connectivity index (χ3n) is 5.60. The molecule has 2 atom stereocenters. The number of carboxylic acid groups (broad SMARTS) is 1. The van der Waals surface area contributed by atoms with Crippen molar-refractivity contribution in [2.75, 3.05) is 18.1 Å². The van der Waals surface area contributed by atoms with Gasteiger partial charge in [-0.25, -0.2) is 4.79 Å². The molecule has 1 fully saturated rings. The zero-order valence-corrected chi connectivity index (χ0v) is 18.8. The SMILES string of the molecule is O=C(C[C@H](O)C(=O)[O-])OC[C@@H]1CN(c2ccc3cc(-c4ccccc4C(F)(F)F)[nH]c(=O)c3c2)C(=O)O1. The molecule has 4 rings (SSSR count). The number of ether oxygens (including phenoxy) is 2. The molecule has 13 heteroatoms. The van der Waals surface area contributed by atoms with Crippen molar-refractivity contribution >= 4 is 34.5 Å². The fourth-order valence-corrected chi connectivity index (χ4v) is 3.83. The fraction of sp³-hybridized carbons (Fsp3) is 0.250. The second kappa shape index (κ2) is 9.93. The van der Waals surface area contributed by atoms with Crippen molar-refractivity contribution in [1.29, 1.82) is 0 Å². The Morgan fingerprint density at radius 2 is 1.92 bits per heavy atom. The Morgan fingerprint density at radius 1 is 1.19 bits per heavy atom. The monoisotopic (exact) mass is 519 g/mol. The highest BCUT2D eigenvalue weighted by Gasteiger charge is 2.35. The summed E-state index contributed by atoms with van der Waals surface area (Å²) >= 11 is 0. The Balaban J connectivity index is 1.53. The zero-order chi connectivity index (χ0) is 26.9. The maximum absolute atomic E-state index is 13.4. The molecule has 0 unspecified atom stereocenters. The molecule has 37 heavy (non-hydrogen) atoms. The molecule has 0 radical (unpaired) electrons. The third kappa shape index (κ3) is 5.56. The minimum atomic E-state index is -4.62. The number of carbonyl (C=O) groups excluding carboxylic acids is 3. The number of fused-ring (bicyclic) bond motifs is 1. The molecular formula is C24H18F3N2O8-. The van der Waals surface area contributed by atoms with Gasteiger partial charge in [-0.05, 0) is 29.7 Å². The summed E-state index contributed by atoms with van der Waals surface area (Å²) < 4.78 is 50.2. The average Bonchev–Trinajstić information content (AvgIpc) is 3.22. The first-order chi connectivity index (χ1) is 17.4. The zero-order valence-electron chi connectivity index (χ0n) is 18.8. The molecule has 3 aromatic rings. The number of aromatic nitrogens is 1. The number of aliphatic carboxylic acids is 1. The number of anilines is 1. The van der Waals surface area contributed by atoms with Crippen LogP contribution in [0.5, 0.6) is 0 Å². The van der Waals surface area contributed by atoms with E-state index in [4.69, 9.17) is 14.6 Å². The van der Waals surface area contributed by atoms with E-state index in [1.807, 2.05) is 0 Å². The van der Waals surface area contributed by atoms with Gasteiger partial charge in [0, 0.05) is 22.3 Å². The lowest BCUT2D eigenvalue weighted by Crippen LogP contribution is -2.37. The number of cyclic esters (lactones) is 1. The van der Waals surface area contributed by atoms with Gasteiger partial charge in [0.1, 0.15) is 12.7 Å². The molecule has 1 aromatic heterocycles. The number of esters is 1. The average molecular weight is 519 g/mol. The lowest BCUT2D eigenvalue weighted by atomic mass is 10.0. The summed E-state index contributed by atoms with van der Waals surface area (Å²) in [6, 6.07) is 10.6. The third-order valence-corrected chi connectivity index (χ3v) is 5.60. The van der Waals surface area contributed by atoms with Crippen LogP contribution in [0.2, 0.25) is 0 Å². The minimum absolute atomic E-state index is 0.0237. The predicted molar refractivity (Wildman–Crippen MR) is 119 cm³/mol. The highest BCUT2D eigenvalue weighted by Crippen LogP contribution is 2.36. The van der Waals surface area contributed by atoms with Crippen LogP contribution >= 0.6 is 0 Å². The van der Waals surface area contributed by atoms with Crippen LogP contribution in [0.1, 0.15) is 12.0 Å². The van der Waals surface area contributed by atoms with E-state index >= 15 is 0 Å². The Kier molecular flexibility index (Phi) is 6.90. The summed E-state index contributed by atoms with van der Waals surface area (Å²) in [7, 11) is 0. The van der Waals surface area contributed by atoms with E-state index in [-0.39, 0.29) is 28.9 Å². The lowest BCUT2D eigenvalue weighted by Gasteiger charge is -2.15. The summed E-state index contributed by atoms with van der Waals surface area (Å²) in [6.45, 7) is -0.480. The van der Waals surface area contributed by atoms with Crippen LogP contribution in [-0.4, -0.2) is 53.5 Å². The second-order valence-electron chi connectivity index (χ2n) is 8.17. The second-order valence-corrected chi connectivity index (χ2v) is 8.17. The number of benzene rings is 2. The Labute approximate surface area is 205 Å². The maximum atomic E-state index is 13.4. The van der Waals surface area contributed by atoms with Crippen molar-refractivity contribution in [2.45, 2.75) is 24.8 Å². The number of aromatic amines is 1. The van der Waals surface area contributed by atoms with Gasteiger partial charge in [0.15, 0.2) is 6.10 Å². The number of H-pyrrole nitrogens is 1. The number of halogens is 3. The first kappa shape index (κ1) is 25.7. The van der Waals surface area contributed by atoms with Gasteiger partial charge in [-0.3, -0.25) is 14.5 Å². The normalized spacial score (nSPS) is 16.5. The Hall–Kier alpha value is -4.39. The maximum Gasteiger partial charge on any atom is 0.417 e. The van der Waals surface area contributed by atoms with E-state index < -0.39 is 60.6 Å². The van der Waals surface area contributed by atoms with E-state index in [0.717, 1.165) is 6.07 Å². The minimum Gasteiger partial charge on any atom is -0.547 e. The predicted octanol–water partition coefficient (Wildman–Crippen LogP) is 1.58. The number of nitrogens with one attached hydrogen (secondary N) is 1. The molecule has 1 amide bonds. The summed E-state index contributed by atoms with van der Waals surface area (Å²) in [4.78, 5) is 50.8. The van der Waals surface area contributed by atoms with Gasteiger partial charge < -0.3 is 29.5 Å². The topological polar surface area (TPSA) is 149 Å². The number of aliphatic hydroxyl groups is 1. The molecule has 0 spiro atoms. The summed E-state index contributed by atoms with van der Waals surface area (Å²) in [5.41, 5.74) is -1.53. The lowest BCUT2D eigenvalue weighted by molar-refractivity contribution is -0.315. The number of rotatable bonds is 7. The van der Waals surface area contributed by atoms with Crippen molar-refractivity contribution in [3.05, 3.63) is 64.4 Å². The van der Waals surface area contributed by atoms with Crippen molar-refractivity contribution < 1.29 is 47.2 Å². The molecule has 1 aliphatic heterocycles. The molecule has 1 saturated heterocycles. The number of amides is 1. The van der Waals surface area contributed by atoms with Crippen molar-refractivity contribution in [2.24, 2.45) is 0 Å². The van der Waals surface area contributed by atoms with Crippen LogP contribution in [0, 0.1) is 0 Å². The summed E-state index contributed by atoms with van der Waals surface area (Å²) in [5.74, 6) is -2.87. The van der Waals surface area contributed by atoms with Gasteiger partial charge in [-0.1, -0.05) is 24.3 Å². The fourth-order valence-electron chi connectivity index (χ4n) is 3.83. The van der Waals surface area contributed by atoms with Gasteiger partial charge in [-0.2, -0.15) is 13.2 Å². The van der Waals surface area contributed by atoms with Gasteiger partial charge in [0.25, 0.3) is 5.56 Å². The van der Waals surface area contributed by atoms with Crippen LogP contribution in [0.3, 0.4) is 0 Å². The van der Waals surface area contributed by atoms with E-state index in [1.54, 1.807) is 0 Å². The highest BCUT2D eigenvalue weighted by atomic mass is 19.4. The molecule has 0 bridgehead atoms. The van der Waals surface area contributed by atoms with Crippen LogP contribution in [0.4, 0.5) is 23.7 Å². The smallest absolute Gasteiger partial charge is 0.417 e. The molecule has 0 saturated carbocycles. The van der Waals surface area contributed by atoms with Crippen LogP contribution < -0.4 is 15.6 Å². The quantitative estimate of drug-likeness (QED) is 0.447. The Bertz CT molecular complexity index is 1440. The standard InChI is InChI=1S/C24H19F3N2O8/c25-24(26,27)17-4-2-1-3-15(17)18-7-12-5-6-13(8-16(12)21(32)28-18)29-10-14(37-23(29)35)11-36-20(31)9-19(30)22(33)34/h1-8,14,19,30H,9-11H2,(H,28,32)(H,33,34)/p-1/t14-,19-/m0/s1. The van der Waals surface area contributed by atoms with Gasteiger partial charge in [0.2, 0.25) is 0 Å². The number of aliphatic hydroxyl groups excluding tert-OH is 1. The molecule has 2 N–H and O–H groups in total. The van der Waals surface area contributed by atoms with E-state index in [2.05, 4.69) is 4.98 Å². The molecule has 0 aliphatic carbocycles. The van der Waals surface area contributed by atoms with E-state index in [0.29, 0.717) is 5.39 Å². The highest BCUT2D eigenvalue weighted by molar-refractivity contribution is 5.95. The van der Waals surface area contributed by atoms with E-state index in [9.17, 15) is 37.5 Å². The molecule has 2 aromatic carbocycles. The summed E-state index contributed by atoms with van der Waals surface area (Å²) in [6.07, 6.45) is -9.21. The van der Waals surface area contributed by atoms with Gasteiger partial charge in [-0.15, -0.1) is 0 Å². The molecule has 2 heterocycles. The Morgan fingerprint density at radius 3 is 2.62 bits per heavy atom. The summed E-state index contributed by atoms with van der Waals surface area (Å²) in [5, 5.41) is 20.1. The number of hydrogen-bond acceptors (Lipinski definition) is 8. The first-order valence-electron chi connectivity index (χ1n) is 10.8. The first-order valence-corrected chi connectivity index (χ1v) is 10.8. The molecule has 10 nitrogen and oxygen atoms in total. The number of hydrogen-bond donors (Lipinski definition) is 2. The van der Waals surface area contributed by atoms with Crippen LogP contribution in [0.25, 0.3) is 22.0 Å². The number of alkyl halides is 3. The van der Waals surface area contributed by atoms with Crippen molar-refractivity contribution in [1.82, 2.24) is 4.98 Å². The van der Waals surface area contributed by atoms with Gasteiger partial charge in [0.05, 0.1) is 24.5 Å². The van der Waals surface area contributed by atoms with Crippen LogP contribution in [-0.2, 0) is 25.2 Å². The van der Waals surface area contributed by atoms with Crippen LogP contribution in [0.15, 0.2) is 53.3 Å². The molecule has 194 valence electrons. The van der Waals surface area contributed by atoms with Crippen molar-refractivity contribution in [3.8, 4) is 11.3 Å². The number of carboxylic acids is 1. The largest absolute Gasteiger partial charge is 0.547 e. The molecule has 1 aliphatic rings. The number of carbonyl (C=O) groups is 3. The van der Waals surface area contributed by atoms with E-state index in [1.165, 1.54) is 47.4 Å². The number of pyridine rings is 1. The van der Waals surface area contributed by atoms with Crippen molar-refractivity contribution in [3.63, 3.8) is 0 Å². The van der Waals surface area contributed by atoms with Gasteiger partial charge >= 0.3 is 18.2 Å².